The molecule has 3 heterocycles. The monoisotopic (exact) mass is 536 g/mol. The Kier molecular flexibility index (Phi) is 7.32. The molecule has 15 heteroatoms. The molecule has 1 aromatic carbocycles. The molecule has 1 unspecified atom stereocenters. The fraction of sp³-hybridized carbons (Fsp3) is 0.409. The molecule has 1 saturated heterocycles. The molecule has 0 aliphatic carbocycles. The van der Waals surface area contributed by atoms with Crippen LogP contribution >= 0.6 is 11.8 Å². The van der Waals surface area contributed by atoms with Crippen molar-refractivity contribution in [2.75, 3.05) is 18.8 Å². The molecule has 6 N–H and O–H groups in total. The summed E-state index contributed by atoms with van der Waals surface area (Å²) in [7, 11) is 0. The van der Waals surface area contributed by atoms with Crippen LogP contribution in [0.1, 0.15) is 24.8 Å². The second-order valence-electron chi connectivity index (χ2n) is 8.60. The molecule has 3 aromatic rings. The molecule has 4 rings (SSSR count). The minimum absolute atomic E-state index is 0.119. The van der Waals surface area contributed by atoms with E-state index in [4.69, 9.17) is 11.5 Å². The van der Waals surface area contributed by atoms with Gasteiger partial charge in [-0.2, -0.15) is 18.4 Å². The van der Waals surface area contributed by atoms with Crippen LogP contribution in [0.15, 0.2) is 28.5 Å². The average molecular weight is 537 g/mol. The van der Waals surface area contributed by atoms with E-state index in [9.17, 15) is 33.4 Å². The second kappa shape index (κ2) is 10.3. The summed E-state index contributed by atoms with van der Waals surface area (Å²) in [6, 6.07) is 1.86. The van der Waals surface area contributed by atoms with Gasteiger partial charge in [0.25, 0.3) is 0 Å². The minimum atomic E-state index is -4.78. The van der Waals surface area contributed by atoms with Crippen LogP contribution in [0.2, 0.25) is 0 Å². The number of aromatic nitrogens is 4. The summed E-state index contributed by atoms with van der Waals surface area (Å²) in [6.07, 6.45) is -1.86. The van der Waals surface area contributed by atoms with Crippen LogP contribution < -0.4 is 11.5 Å². The summed E-state index contributed by atoms with van der Waals surface area (Å²) < 4.78 is 40.2. The van der Waals surface area contributed by atoms with Gasteiger partial charge >= 0.3 is 6.18 Å². The van der Waals surface area contributed by atoms with E-state index in [-0.39, 0.29) is 30.4 Å². The Balaban J connectivity index is 1.51. The number of fused-ring (bicyclic) bond motifs is 1. The maximum absolute atomic E-state index is 12.8. The molecule has 2 aromatic heterocycles. The Hall–Kier alpha value is -3.77. The Morgan fingerprint density at radius 2 is 1.92 bits per heavy atom. The standard InChI is InChI=1S/C22H23F3N8O3S/c23-22(24,25)17(27)20(36)32-4-1-11(2-5-32)3-6-33-19-16(18(28)29-10-30-19)31-21(33)37-15-8-14(35)13(34)7-12(15)9-26/h7-8,10-11,17,34-35H,1-6,27H2,(H2,28,29,30). The molecule has 1 aliphatic rings. The molecule has 1 atom stereocenters. The first-order valence-corrected chi connectivity index (χ1v) is 12.0. The number of imidazole rings is 1. The Labute approximate surface area is 212 Å². The summed E-state index contributed by atoms with van der Waals surface area (Å²) in [5, 5.41) is 29.5. The van der Waals surface area contributed by atoms with Gasteiger partial charge in [-0.05, 0) is 31.2 Å². The highest BCUT2D eigenvalue weighted by atomic mass is 32.2. The third-order valence-electron chi connectivity index (χ3n) is 6.23. The van der Waals surface area contributed by atoms with E-state index < -0.39 is 29.6 Å². The lowest BCUT2D eigenvalue weighted by atomic mass is 9.93. The van der Waals surface area contributed by atoms with Crippen LogP contribution in [0.25, 0.3) is 11.2 Å². The number of phenolic OH excluding ortho intramolecular Hbond substituents is 2. The van der Waals surface area contributed by atoms with Gasteiger partial charge in [0.1, 0.15) is 12.4 Å². The van der Waals surface area contributed by atoms with Gasteiger partial charge in [-0.1, -0.05) is 11.8 Å². The zero-order valence-electron chi connectivity index (χ0n) is 19.3. The van der Waals surface area contributed by atoms with Crippen LogP contribution in [-0.2, 0) is 11.3 Å². The number of rotatable bonds is 6. The average Bonchev–Trinajstić information content (AvgIpc) is 3.22. The number of aryl methyl sites for hydroxylation is 1. The number of benzene rings is 1. The number of hydrogen-bond donors (Lipinski definition) is 4. The van der Waals surface area contributed by atoms with Gasteiger partial charge in [-0.3, -0.25) is 4.79 Å². The lowest BCUT2D eigenvalue weighted by Gasteiger charge is -2.34. The number of likely N-dealkylation sites (tertiary alicyclic amines) is 1. The van der Waals surface area contributed by atoms with E-state index in [1.165, 1.54) is 12.4 Å². The number of carbonyl (C=O) groups is 1. The maximum atomic E-state index is 12.8. The first-order valence-electron chi connectivity index (χ1n) is 11.2. The zero-order chi connectivity index (χ0) is 26.9. The molecule has 37 heavy (non-hydrogen) atoms. The number of alkyl halides is 3. The van der Waals surface area contributed by atoms with Crippen molar-refractivity contribution >= 4 is 34.7 Å². The number of amides is 1. The fourth-order valence-corrected chi connectivity index (χ4v) is 5.14. The summed E-state index contributed by atoms with van der Waals surface area (Å²) >= 11 is 1.08. The van der Waals surface area contributed by atoms with Crippen LogP contribution in [0.4, 0.5) is 19.0 Å². The van der Waals surface area contributed by atoms with Gasteiger partial charge in [0.2, 0.25) is 5.91 Å². The van der Waals surface area contributed by atoms with Crippen LogP contribution in [0.3, 0.4) is 0 Å². The van der Waals surface area contributed by atoms with Gasteiger partial charge in [-0.25, -0.2) is 15.0 Å². The van der Waals surface area contributed by atoms with Crippen LogP contribution in [-0.4, -0.2) is 65.8 Å². The Bertz CT molecular complexity index is 1370. The Morgan fingerprint density at radius 3 is 2.57 bits per heavy atom. The fourth-order valence-electron chi connectivity index (χ4n) is 4.13. The molecule has 0 spiro atoms. The van der Waals surface area contributed by atoms with E-state index in [2.05, 4.69) is 15.0 Å². The topological polar surface area (TPSA) is 180 Å². The molecule has 0 saturated carbocycles. The SMILES string of the molecule is N#Cc1cc(O)c(O)cc1Sc1nc2c(N)ncnc2n1CCC1CCN(C(=O)C(N)C(F)(F)F)CC1. The second-order valence-corrected chi connectivity index (χ2v) is 9.61. The number of nitrogens with two attached hydrogens (primary N) is 2. The van der Waals surface area contributed by atoms with Crippen molar-refractivity contribution in [2.24, 2.45) is 11.7 Å². The molecule has 196 valence electrons. The minimum Gasteiger partial charge on any atom is -0.504 e. The number of anilines is 1. The molecule has 1 aliphatic heterocycles. The van der Waals surface area contributed by atoms with Crippen LogP contribution in [0.5, 0.6) is 11.5 Å². The van der Waals surface area contributed by atoms with Crippen molar-refractivity contribution in [1.29, 1.82) is 5.26 Å². The number of hydrogen-bond acceptors (Lipinski definition) is 10. The normalized spacial score (nSPS) is 15.6. The smallest absolute Gasteiger partial charge is 0.412 e. The summed E-state index contributed by atoms with van der Waals surface area (Å²) in [4.78, 5) is 26.4. The first-order chi connectivity index (χ1) is 17.5. The summed E-state index contributed by atoms with van der Waals surface area (Å²) in [5.74, 6) is -1.66. The van der Waals surface area contributed by atoms with Crippen molar-refractivity contribution in [3.05, 3.63) is 24.0 Å². The largest absolute Gasteiger partial charge is 0.504 e. The van der Waals surface area contributed by atoms with Crippen molar-refractivity contribution in [2.45, 2.75) is 48.1 Å². The molecule has 11 nitrogen and oxygen atoms in total. The van der Waals surface area contributed by atoms with Gasteiger partial charge in [-0.15, -0.1) is 0 Å². The molecule has 1 amide bonds. The lowest BCUT2D eigenvalue weighted by Crippen LogP contribution is -2.53. The third kappa shape index (κ3) is 5.49. The number of phenols is 2. The number of aromatic hydroxyl groups is 2. The molecular weight excluding hydrogens is 513 g/mol. The van der Waals surface area contributed by atoms with Gasteiger partial charge in [0.05, 0.1) is 5.56 Å². The van der Waals surface area contributed by atoms with E-state index in [0.29, 0.717) is 47.0 Å². The predicted octanol–water partition coefficient (Wildman–Crippen LogP) is 2.36. The highest BCUT2D eigenvalue weighted by Crippen LogP contribution is 2.38. The molecule has 0 radical (unpaired) electrons. The highest BCUT2D eigenvalue weighted by molar-refractivity contribution is 7.99. The van der Waals surface area contributed by atoms with Crippen molar-refractivity contribution < 1.29 is 28.2 Å². The number of nitriles is 1. The maximum Gasteiger partial charge on any atom is 0.412 e. The summed E-state index contributed by atoms with van der Waals surface area (Å²) in [5.41, 5.74) is 12.0. The molecule has 1 fully saturated rings. The summed E-state index contributed by atoms with van der Waals surface area (Å²) in [6.45, 7) is 0.766. The molecule has 0 bridgehead atoms. The first kappa shape index (κ1) is 26.3. The van der Waals surface area contributed by atoms with E-state index in [1.807, 2.05) is 6.07 Å². The van der Waals surface area contributed by atoms with Crippen molar-refractivity contribution in [3.63, 3.8) is 0 Å². The number of carbonyl (C=O) groups excluding carboxylic acids is 1. The predicted molar refractivity (Wildman–Crippen MR) is 126 cm³/mol. The van der Waals surface area contributed by atoms with Gasteiger partial charge in [0.15, 0.2) is 39.7 Å². The van der Waals surface area contributed by atoms with Crippen molar-refractivity contribution in [1.82, 2.24) is 24.4 Å². The van der Waals surface area contributed by atoms with E-state index in [1.54, 1.807) is 4.57 Å². The van der Waals surface area contributed by atoms with Gasteiger partial charge in [0, 0.05) is 30.6 Å². The number of piperidine rings is 1. The lowest BCUT2D eigenvalue weighted by molar-refractivity contribution is -0.170. The highest BCUT2D eigenvalue weighted by Gasteiger charge is 2.44. The number of nitrogens with zero attached hydrogens (tertiary/aromatic N) is 6. The van der Waals surface area contributed by atoms with Gasteiger partial charge < -0.3 is 31.1 Å². The van der Waals surface area contributed by atoms with E-state index >= 15 is 0 Å². The third-order valence-corrected chi connectivity index (χ3v) is 7.28. The van der Waals surface area contributed by atoms with Crippen molar-refractivity contribution in [3.8, 4) is 17.6 Å². The zero-order valence-corrected chi connectivity index (χ0v) is 20.1. The van der Waals surface area contributed by atoms with E-state index in [0.717, 1.165) is 22.7 Å². The molecular formula is C22H23F3N8O3S. The number of halogens is 3. The quantitative estimate of drug-likeness (QED) is 0.342. The number of nitrogen functional groups attached to an aromatic ring is 1. The van der Waals surface area contributed by atoms with Crippen LogP contribution in [0, 0.1) is 17.2 Å². The Morgan fingerprint density at radius 1 is 1.24 bits per heavy atom.